The molecule has 5 aliphatic rings. The fourth-order valence-corrected chi connectivity index (χ4v) is 7.05. The van der Waals surface area contributed by atoms with Gasteiger partial charge >= 0.3 is 0 Å². The Morgan fingerprint density at radius 1 is 0.969 bits per heavy atom. The van der Waals surface area contributed by atoms with Crippen molar-refractivity contribution in [3.8, 4) is 0 Å². The molecule has 4 fully saturated rings. The first-order valence-corrected chi connectivity index (χ1v) is 11.9. The SMILES string of the molecule is O=C(NC1[C@H]2CC3C[C@H]1CC(O)(C3)C2)[C@@H]1CC(C(c2ccccc2)c2ccccc2)=NO1. The van der Waals surface area contributed by atoms with Crippen molar-refractivity contribution >= 4 is 11.6 Å². The van der Waals surface area contributed by atoms with Crippen LogP contribution in [-0.2, 0) is 9.63 Å². The summed E-state index contributed by atoms with van der Waals surface area (Å²) in [5.41, 5.74) is 2.70. The quantitative estimate of drug-likeness (QED) is 0.753. The summed E-state index contributed by atoms with van der Waals surface area (Å²) in [6, 6.07) is 20.7. The zero-order valence-electron chi connectivity index (χ0n) is 18.2. The van der Waals surface area contributed by atoms with E-state index in [1.54, 1.807) is 0 Å². The normalized spacial score (nSPS) is 34.9. The molecule has 1 amide bonds. The highest BCUT2D eigenvalue weighted by Gasteiger charge is 2.55. The number of nitrogens with zero attached hydrogens (tertiary/aromatic N) is 1. The van der Waals surface area contributed by atoms with Crippen molar-refractivity contribution in [2.45, 2.75) is 62.2 Å². The van der Waals surface area contributed by atoms with Crippen LogP contribution in [0.2, 0.25) is 0 Å². The standard InChI is InChI=1S/C27H30N2O3/c30-26(28-25-20-11-17-12-21(25)16-27(31,14-17)15-20)23-13-22(29-32-23)24(18-7-3-1-4-8-18)19-9-5-2-6-10-19/h1-10,17,20-21,23-25,31H,11-16H2,(H,28,30)/t17?,20-,21-,23-,25?,27?/m0/s1. The minimum Gasteiger partial charge on any atom is -0.390 e. The third-order valence-corrected chi connectivity index (χ3v) is 8.13. The van der Waals surface area contributed by atoms with Gasteiger partial charge in [-0.05, 0) is 61.0 Å². The van der Waals surface area contributed by atoms with E-state index in [1.165, 1.54) is 0 Å². The zero-order valence-corrected chi connectivity index (χ0v) is 18.2. The van der Waals surface area contributed by atoms with E-state index < -0.39 is 11.7 Å². The van der Waals surface area contributed by atoms with Crippen molar-refractivity contribution in [3.63, 3.8) is 0 Å². The first kappa shape index (κ1) is 20.0. The van der Waals surface area contributed by atoms with Gasteiger partial charge in [-0.25, -0.2) is 0 Å². The van der Waals surface area contributed by atoms with Crippen molar-refractivity contribution < 1.29 is 14.7 Å². The van der Waals surface area contributed by atoms with Crippen LogP contribution in [0.4, 0.5) is 0 Å². The van der Waals surface area contributed by atoms with Gasteiger partial charge in [-0.15, -0.1) is 0 Å². The number of oxime groups is 1. The average molecular weight is 431 g/mol. The molecular formula is C27H30N2O3. The van der Waals surface area contributed by atoms with Gasteiger partial charge in [0.15, 0.2) is 0 Å². The summed E-state index contributed by atoms with van der Waals surface area (Å²) < 4.78 is 0. The van der Waals surface area contributed by atoms with Gasteiger partial charge in [0.25, 0.3) is 5.91 Å². The molecule has 7 rings (SSSR count). The van der Waals surface area contributed by atoms with E-state index in [9.17, 15) is 9.90 Å². The van der Waals surface area contributed by atoms with Crippen LogP contribution in [0.15, 0.2) is 65.8 Å². The summed E-state index contributed by atoms with van der Waals surface area (Å²) in [4.78, 5) is 18.9. The second-order valence-electron chi connectivity index (χ2n) is 10.4. The maximum atomic E-state index is 13.2. The van der Waals surface area contributed by atoms with E-state index in [-0.39, 0.29) is 17.9 Å². The van der Waals surface area contributed by atoms with E-state index in [1.807, 2.05) is 36.4 Å². The Labute approximate surface area is 188 Å². The molecule has 0 spiro atoms. The Kier molecular flexibility index (Phi) is 4.83. The largest absolute Gasteiger partial charge is 0.390 e. The van der Waals surface area contributed by atoms with Gasteiger partial charge in [0, 0.05) is 12.5 Å². The van der Waals surface area contributed by atoms with Crippen LogP contribution in [0.25, 0.3) is 0 Å². The second-order valence-corrected chi connectivity index (χ2v) is 10.4. The average Bonchev–Trinajstić information content (AvgIpc) is 3.27. The Hall–Kier alpha value is -2.66. The molecule has 2 N–H and O–H groups in total. The molecule has 4 aliphatic carbocycles. The molecule has 4 bridgehead atoms. The fourth-order valence-electron chi connectivity index (χ4n) is 7.05. The summed E-state index contributed by atoms with van der Waals surface area (Å²) in [6.07, 6.45) is 4.76. The number of benzene rings is 2. The van der Waals surface area contributed by atoms with Gasteiger partial charge in [-0.2, -0.15) is 0 Å². The van der Waals surface area contributed by atoms with Crippen LogP contribution in [0.1, 0.15) is 55.6 Å². The van der Waals surface area contributed by atoms with E-state index in [4.69, 9.17) is 4.84 Å². The van der Waals surface area contributed by atoms with Gasteiger partial charge in [0.2, 0.25) is 6.10 Å². The maximum Gasteiger partial charge on any atom is 0.264 e. The van der Waals surface area contributed by atoms with Gasteiger partial charge in [-0.1, -0.05) is 65.8 Å². The third-order valence-electron chi connectivity index (χ3n) is 8.13. The van der Waals surface area contributed by atoms with Crippen LogP contribution in [-0.4, -0.2) is 34.5 Å². The highest BCUT2D eigenvalue weighted by molar-refractivity contribution is 5.98. The third kappa shape index (κ3) is 3.53. The highest BCUT2D eigenvalue weighted by Crippen LogP contribution is 2.55. The smallest absolute Gasteiger partial charge is 0.264 e. The predicted octanol–water partition coefficient (Wildman–Crippen LogP) is 4.02. The van der Waals surface area contributed by atoms with Gasteiger partial charge in [-0.3, -0.25) is 4.79 Å². The molecule has 0 saturated heterocycles. The first-order chi connectivity index (χ1) is 15.6. The van der Waals surface area contributed by atoms with Crippen LogP contribution in [0.3, 0.4) is 0 Å². The molecule has 32 heavy (non-hydrogen) atoms. The zero-order chi connectivity index (χ0) is 21.7. The molecule has 3 atom stereocenters. The molecule has 0 unspecified atom stereocenters. The van der Waals surface area contributed by atoms with Crippen molar-refractivity contribution in [2.75, 3.05) is 0 Å². The number of rotatable bonds is 5. The van der Waals surface area contributed by atoms with Crippen molar-refractivity contribution in [1.29, 1.82) is 0 Å². The maximum absolute atomic E-state index is 13.2. The molecule has 5 heteroatoms. The van der Waals surface area contributed by atoms with Crippen LogP contribution in [0, 0.1) is 17.8 Å². The molecule has 1 aliphatic heterocycles. The van der Waals surface area contributed by atoms with Crippen LogP contribution in [0.5, 0.6) is 0 Å². The molecule has 0 aromatic heterocycles. The number of amides is 1. The lowest BCUT2D eigenvalue weighted by molar-refractivity contribution is -0.151. The molecule has 4 saturated carbocycles. The summed E-state index contributed by atoms with van der Waals surface area (Å²) in [5.74, 6) is 1.32. The predicted molar refractivity (Wildman–Crippen MR) is 122 cm³/mol. The lowest BCUT2D eigenvalue weighted by Crippen LogP contribution is -2.62. The van der Waals surface area contributed by atoms with Gasteiger partial charge in [0.1, 0.15) is 0 Å². The van der Waals surface area contributed by atoms with E-state index in [2.05, 4.69) is 34.7 Å². The lowest BCUT2D eigenvalue weighted by Gasteiger charge is -2.58. The molecule has 1 heterocycles. The molecule has 2 aromatic rings. The number of carbonyl (C=O) groups excluding carboxylic acids is 1. The van der Waals surface area contributed by atoms with Crippen LogP contribution >= 0.6 is 0 Å². The van der Waals surface area contributed by atoms with E-state index in [0.717, 1.165) is 48.9 Å². The molecular weight excluding hydrogens is 400 g/mol. The minimum absolute atomic E-state index is 0.0226. The van der Waals surface area contributed by atoms with E-state index >= 15 is 0 Å². The Bertz CT molecular complexity index is 966. The highest BCUT2D eigenvalue weighted by atomic mass is 16.6. The number of aliphatic hydroxyl groups is 1. The summed E-state index contributed by atoms with van der Waals surface area (Å²) in [6.45, 7) is 0. The summed E-state index contributed by atoms with van der Waals surface area (Å²) >= 11 is 0. The molecule has 5 nitrogen and oxygen atoms in total. The topological polar surface area (TPSA) is 70.9 Å². The van der Waals surface area contributed by atoms with Crippen molar-refractivity contribution in [2.24, 2.45) is 22.9 Å². The van der Waals surface area contributed by atoms with Crippen molar-refractivity contribution in [1.82, 2.24) is 5.32 Å². The Morgan fingerprint density at radius 2 is 1.56 bits per heavy atom. The summed E-state index contributed by atoms with van der Waals surface area (Å²) in [5, 5.41) is 18.5. The fraction of sp³-hybridized carbons (Fsp3) is 0.481. The monoisotopic (exact) mass is 430 g/mol. The van der Waals surface area contributed by atoms with Gasteiger partial charge in [0.05, 0.1) is 17.2 Å². The van der Waals surface area contributed by atoms with E-state index in [0.29, 0.717) is 24.2 Å². The second kappa shape index (κ2) is 7.73. The summed E-state index contributed by atoms with van der Waals surface area (Å²) in [7, 11) is 0. The molecule has 2 aromatic carbocycles. The number of nitrogens with one attached hydrogen (secondary N) is 1. The molecule has 0 radical (unpaired) electrons. The lowest BCUT2D eigenvalue weighted by atomic mass is 9.52. The number of carbonyl (C=O) groups is 1. The minimum atomic E-state index is -0.583. The number of hydrogen-bond acceptors (Lipinski definition) is 4. The Morgan fingerprint density at radius 3 is 2.12 bits per heavy atom. The van der Waals surface area contributed by atoms with Crippen LogP contribution < -0.4 is 5.32 Å². The van der Waals surface area contributed by atoms with Crippen molar-refractivity contribution in [3.05, 3.63) is 71.8 Å². The van der Waals surface area contributed by atoms with Gasteiger partial charge < -0.3 is 15.3 Å². The number of hydrogen-bond donors (Lipinski definition) is 2. The first-order valence-electron chi connectivity index (χ1n) is 11.9. The molecule has 166 valence electrons. The Balaban J connectivity index is 1.17.